The molecule has 0 aliphatic carbocycles. The zero-order valence-corrected chi connectivity index (χ0v) is 12.4. The molecule has 118 valence electrons. The Bertz CT molecular complexity index is 606. The summed E-state index contributed by atoms with van der Waals surface area (Å²) in [6, 6.07) is 2.92. The first-order valence-electron chi connectivity index (χ1n) is 5.92. The molecule has 0 saturated carbocycles. The Kier molecular flexibility index (Phi) is 6.21. The number of sulfonamides is 1. The number of rotatable bonds is 7. The molecular weight excluding hydrogens is 303 g/mol. The molecule has 0 aliphatic heterocycles. The van der Waals surface area contributed by atoms with Crippen LogP contribution in [0.5, 0.6) is 0 Å². The van der Waals surface area contributed by atoms with Gasteiger partial charge < -0.3 is 14.8 Å². The van der Waals surface area contributed by atoms with Crippen LogP contribution in [0.15, 0.2) is 23.1 Å². The van der Waals surface area contributed by atoms with Gasteiger partial charge in [-0.25, -0.2) is 17.9 Å². The van der Waals surface area contributed by atoms with E-state index in [0.29, 0.717) is 0 Å². The van der Waals surface area contributed by atoms with Crippen molar-refractivity contribution in [3.8, 4) is 0 Å². The van der Waals surface area contributed by atoms with Crippen LogP contribution in [-0.2, 0) is 19.5 Å². The summed E-state index contributed by atoms with van der Waals surface area (Å²) < 4.78 is 45.7. The number of methoxy groups -OCH3 is 2. The van der Waals surface area contributed by atoms with Gasteiger partial charge in [-0.15, -0.1) is 0 Å². The zero-order chi connectivity index (χ0) is 16.0. The minimum absolute atomic E-state index is 0.0207. The summed E-state index contributed by atoms with van der Waals surface area (Å²) in [5.41, 5.74) is -0.0207. The molecule has 0 aliphatic rings. The number of carbonyl (C=O) groups excluding carboxylic acids is 1. The van der Waals surface area contributed by atoms with Crippen molar-refractivity contribution in [3.05, 3.63) is 29.6 Å². The normalized spacial score (nSPS) is 13.0. The van der Waals surface area contributed by atoms with Crippen molar-refractivity contribution in [2.24, 2.45) is 5.14 Å². The second kappa shape index (κ2) is 7.46. The first kappa shape index (κ1) is 17.5. The van der Waals surface area contributed by atoms with Gasteiger partial charge in [0.2, 0.25) is 10.0 Å². The number of nitrogens with two attached hydrogens (primary N) is 1. The Balaban J connectivity index is 2.84. The number of benzene rings is 1. The maximum atomic E-state index is 13.4. The van der Waals surface area contributed by atoms with Crippen molar-refractivity contribution in [2.75, 3.05) is 27.4 Å². The molecule has 9 heteroatoms. The standard InChI is InChI=1S/C12H17FN2O5S/c1-19-7-9(20-2)6-15-12(16)8-3-4-10(13)11(5-8)21(14,17)18/h3-5,9H,6-7H2,1-2H3,(H,15,16)(H2,14,17,18). The third-order valence-electron chi connectivity index (χ3n) is 2.68. The van der Waals surface area contributed by atoms with E-state index < -0.39 is 26.6 Å². The molecule has 0 aromatic heterocycles. The molecule has 0 radical (unpaired) electrons. The highest BCUT2D eigenvalue weighted by molar-refractivity contribution is 7.89. The van der Waals surface area contributed by atoms with E-state index >= 15 is 0 Å². The number of hydrogen-bond donors (Lipinski definition) is 2. The lowest BCUT2D eigenvalue weighted by molar-refractivity contribution is 0.0285. The van der Waals surface area contributed by atoms with Crippen LogP contribution < -0.4 is 10.5 Å². The quantitative estimate of drug-likeness (QED) is 0.727. The Morgan fingerprint density at radius 1 is 1.43 bits per heavy atom. The van der Waals surface area contributed by atoms with E-state index in [4.69, 9.17) is 14.6 Å². The smallest absolute Gasteiger partial charge is 0.251 e. The van der Waals surface area contributed by atoms with Crippen LogP contribution in [0.3, 0.4) is 0 Å². The van der Waals surface area contributed by atoms with Crippen molar-refractivity contribution in [2.45, 2.75) is 11.0 Å². The number of hydrogen-bond acceptors (Lipinski definition) is 5. The van der Waals surface area contributed by atoms with Crippen LogP contribution in [0.4, 0.5) is 4.39 Å². The molecule has 1 rings (SSSR count). The number of amides is 1. The van der Waals surface area contributed by atoms with Gasteiger partial charge in [-0.1, -0.05) is 0 Å². The predicted octanol–water partition coefficient (Wildman–Crippen LogP) is -0.136. The van der Waals surface area contributed by atoms with Crippen LogP contribution >= 0.6 is 0 Å². The fraction of sp³-hybridized carbons (Fsp3) is 0.417. The highest BCUT2D eigenvalue weighted by Gasteiger charge is 2.18. The maximum Gasteiger partial charge on any atom is 0.251 e. The maximum absolute atomic E-state index is 13.4. The van der Waals surface area contributed by atoms with Gasteiger partial charge in [-0.2, -0.15) is 0 Å². The lowest BCUT2D eigenvalue weighted by Gasteiger charge is -2.15. The minimum Gasteiger partial charge on any atom is -0.382 e. The third kappa shape index (κ3) is 5.05. The van der Waals surface area contributed by atoms with E-state index in [0.717, 1.165) is 18.2 Å². The van der Waals surface area contributed by atoms with E-state index in [9.17, 15) is 17.6 Å². The first-order chi connectivity index (χ1) is 9.79. The summed E-state index contributed by atoms with van der Waals surface area (Å²) >= 11 is 0. The summed E-state index contributed by atoms with van der Waals surface area (Å²) in [6.45, 7) is 0.438. The van der Waals surface area contributed by atoms with Crippen molar-refractivity contribution in [3.63, 3.8) is 0 Å². The highest BCUT2D eigenvalue weighted by Crippen LogP contribution is 2.14. The van der Waals surface area contributed by atoms with Gasteiger partial charge in [-0.3, -0.25) is 4.79 Å². The van der Waals surface area contributed by atoms with Crippen LogP contribution in [0.2, 0.25) is 0 Å². The molecule has 1 aromatic carbocycles. The van der Waals surface area contributed by atoms with Gasteiger partial charge >= 0.3 is 0 Å². The fourth-order valence-electron chi connectivity index (χ4n) is 1.57. The van der Waals surface area contributed by atoms with Crippen LogP contribution in [-0.4, -0.2) is 47.8 Å². The van der Waals surface area contributed by atoms with Crippen LogP contribution in [0.25, 0.3) is 0 Å². The molecule has 7 nitrogen and oxygen atoms in total. The highest BCUT2D eigenvalue weighted by atomic mass is 32.2. The predicted molar refractivity (Wildman–Crippen MR) is 72.8 cm³/mol. The largest absolute Gasteiger partial charge is 0.382 e. The van der Waals surface area contributed by atoms with E-state index in [1.165, 1.54) is 14.2 Å². The molecule has 21 heavy (non-hydrogen) atoms. The SMILES string of the molecule is COCC(CNC(=O)c1ccc(F)c(S(N)(=O)=O)c1)OC. The summed E-state index contributed by atoms with van der Waals surface area (Å²) in [4.78, 5) is 11.2. The molecule has 0 saturated heterocycles. The molecule has 1 amide bonds. The topological polar surface area (TPSA) is 108 Å². The number of primary sulfonamides is 1. The second-order valence-electron chi connectivity index (χ2n) is 4.21. The van der Waals surface area contributed by atoms with E-state index in [1.807, 2.05) is 0 Å². The van der Waals surface area contributed by atoms with Crippen molar-refractivity contribution in [1.82, 2.24) is 5.32 Å². The van der Waals surface area contributed by atoms with Gasteiger partial charge in [0.05, 0.1) is 12.7 Å². The van der Waals surface area contributed by atoms with Gasteiger partial charge in [0.1, 0.15) is 10.7 Å². The first-order valence-corrected chi connectivity index (χ1v) is 7.46. The average Bonchev–Trinajstić information content (AvgIpc) is 2.42. The Hall–Kier alpha value is -1.55. The van der Waals surface area contributed by atoms with Crippen LogP contribution in [0, 0.1) is 5.82 Å². The lowest BCUT2D eigenvalue weighted by Crippen LogP contribution is -2.35. The summed E-state index contributed by atoms with van der Waals surface area (Å²) in [6.07, 6.45) is -0.350. The van der Waals surface area contributed by atoms with E-state index in [1.54, 1.807) is 0 Å². The minimum atomic E-state index is -4.23. The molecule has 0 heterocycles. The number of halogens is 1. The molecule has 1 atom stereocenters. The molecule has 0 spiro atoms. The average molecular weight is 320 g/mol. The van der Waals surface area contributed by atoms with Gasteiger partial charge in [0, 0.05) is 26.3 Å². The number of carbonyl (C=O) groups is 1. The van der Waals surface area contributed by atoms with Gasteiger partial charge in [0.25, 0.3) is 5.91 Å². The van der Waals surface area contributed by atoms with Crippen LogP contribution in [0.1, 0.15) is 10.4 Å². The molecule has 0 fully saturated rings. The summed E-state index contributed by atoms with van der Waals surface area (Å²) in [5.74, 6) is -1.58. The Labute approximate surface area is 122 Å². The number of nitrogens with one attached hydrogen (secondary N) is 1. The molecule has 3 N–H and O–H groups in total. The Morgan fingerprint density at radius 2 is 2.10 bits per heavy atom. The van der Waals surface area contributed by atoms with Gasteiger partial charge in [0.15, 0.2) is 0 Å². The molecule has 1 unspecified atom stereocenters. The molecule has 1 aromatic rings. The second-order valence-corrected chi connectivity index (χ2v) is 5.74. The molecular formula is C12H17FN2O5S. The zero-order valence-electron chi connectivity index (χ0n) is 11.6. The summed E-state index contributed by atoms with van der Waals surface area (Å²) in [7, 11) is -1.28. The monoisotopic (exact) mass is 320 g/mol. The van der Waals surface area contributed by atoms with E-state index in [2.05, 4.69) is 5.32 Å². The lowest BCUT2D eigenvalue weighted by atomic mass is 10.2. The van der Waals surface area contributed by atoms with Gasteiger partial charge in [-0.05, 0) is 18.2 Å². The third-order valence-corrected chi connectivity index (χ3v) is 3.60. The summed E-state index contributed by atoms with van der Waals surface area (Å²) in [5, 5.41) is 7.40. The fourth-order valence-corrected chi connectivity index (χ4v) is 2.20. The number of ether oxygens (including phenoxy) is 2. The van der Waals surface area contributed by atoms with Crippen molar-refractivity contribution < 1.29 is 27.1 Å². The van der Waals surface area contributed by atoms with Crippen molar-refractivity contribution >= 4 is 15.9 Å². The Morgan fingerprint density at radius 3 is 2.62 bits per heavy atom. The van der Waals surface area contributed by atoms with E-state index in [-0.39, 0.29) is 24.8 Å². The molecule has 0 bridgehead atoms. The van der Waals surface area contributed by atoms with Crippen molar-refractivity contribution in [1.29, 1.82) is 0 Å².